The molecular formula is C40H24O. The molecule has 1 heteroatoms. The predicted octanol–water partition coefficient (Wildman–Crippen LogP) is 11.5. The summed E-state index contributed by atoms with van der Waals surface area (Å²) in [6, 6.07) is 40.3. The second kappa shape index (κ2) is 8.55. The molecule has 0 radical (unpaired) electrons. The van der Waals surface area contributed by atoms with Gasteiger partial charge in [-0.25, -0.2) is 0 Å². The fourth-order valence-corrected chi connectivity index (χ4v) is 6.22. The van der Waals surface area contributed by atoms with Crippen molar-refractivity contribution in [2.24, 2.45) is 0 Å². The molecule has 0 fully saturated rings. The molecule has 0 bridgehead atoms. The van der Waals surface area contributed by atoms with Gasteiger partial charge in [0.1, 0.15) is 11.2 Å². The van der Waals surface area contributed by atoms with Gasteiger partial charge >= 0.3 is 0 Å². The van der Waals surface area contributed by atoms with Gasteiger partial charge in [0.15, 0.2) is 0 Å². The van der Waals surface area contributed by atoms with Crippen LogP contribution < -0.4 is 0 Å². The van der Waals surface area contributed by atoms with Gasteiger partial charge in [0.2, 0.25) is 0 Å². The van der Waals surface area contributed by atoms with E-state index in [0.717, 1.165) is 48.7 Å². The number of hydrogen-bond acceptors (Lipinski definition) is 1. The van der Waals surface area contributed by atoms with E-state index in [1.165, 1.54) is 10.8 Å². The molecule has 8 aromatic carbocycles. The average molecular weight is 525 g/mol. The summed E-state index contributed by atoms with van der Waals surface area (Å²) in [6.45, 7) is 0. The van der Waals surface area contributed by atoms with Crippen LogP contribution in [0.15, 0.2) is 150 Å². The summed E-state index contributed by atoms with van der Waals surface area (Å²) in [7, 11) is 0. The van der Waals surface area contributed by atoms with Crippen molar-refractivity contribution in [3.8, 4) is 22.3 Å². The van der Waals surface area contributed by atoms with Gasteiger partial charge < -0.3 is 4.42 Å². The van der Waals surface area contributed by atoms with Gasteiger partial charge in [-0.15, -0.1) is 0 Å². The highest BCUT2D eigenvalue weighted by Gasteiger charge is 2.14. The highest BCUT2D eigenvalue weighted by atomic mass is 16.3. The van der Waals surface area contributed by atoms with Gasteiger partial charge in [-0.1, -0.05) is 109 Å². The van der Waals surface area contributed by atoms with Gasteiger partial charge in [-0.3, -0.25) is 0 Å². The maximum Gasteiger partial charge on any atom is 0.136 e. The van der Waals surface area contributed by atoms with Crippen LogP contribution in [-0.4, -0.2) is 0 Å². The SMILES string of the molecule is [2H]c1c([2H])c(-c2cccc3oc4cc5ccccc5cc4c23)c([2H])c([2H])c1-c1ccc2c(ccc3cc4ccccc4cc32)c1. The molecule has 1 heterocycles. The summed E-state index contributed by atoms with van der Waals surface area (Å²) in [5.41, 5.74) is 3.22. The normalized spacial score (nSPS) is 13.3. The molecule has 0 atom stereocenters. The summed E-state index contributed by atoms with van der Waals surface area (Å²) < 4.78 is 42.8. The van der Waals surface area contributed by atoms with Crippen molar-refractivity contribution in [2.75, 3.05) is 0 Å². The van der Waals surface area contributed by atoms with Gasteiger partial charge in [0.25, 0.3) is 0 Å². The molecule has 1 aromatic heterocycles. The second-order valence-electron chi connectivity index (χ2n) is 10.6. The van der Waals surface area contributed by atoms with Crippen molar-refractivity contribution >= 4 is 65.0 Å². The fraction of sp³-hybridized carbons (Fsp3) is 0. The molecule has 190 valence electrons. The number of furan rings is 1. The molecule has 0 aliphatic heterocycles. The zero-order valence-corrected chi connectivity index (χ0v) is 22.0. The lowest BCUT2D eigenvalue weighted by Crippen LogP contribution is -1.84. The van der Waals surface area contributed by atoms with Crippen LogP contribution in [0.4, 0.5) is 0 Å². The van der Waals surface area contributed by atoms with Crippen LogP contribution in [0.5, 0.6) is 0 Å². The lowest BCUT2D eigenvalue weighted by atomic mass is 9.94. The fourth-order valence-electron chi connectivity index (χ4n) is 6.22. The lowest BCUT2D eigenvalue weighted by molar-refractivity contribution is 0.669. The van der Waals surface area contributed by atoms with E-state index in [0.29, 0.717) is 22.3 Å². The van der Waals surface area contributed by atoms with Gasteiger partial charge in [-0.2, -0.15) is 0 Å². The first-order valence-electron chi connectivity index (χ1n) is 15.8. The van der Waals surface area contributed by atoms with E-state index in [2.05, 4.69) is 48.5 Å². The van der Waals surface area contributed by atoms with Gasteiger partial charge in [-0.05, 0) is 102 Å². The molecule has 1 nitrogen and oxygen atoms in total. The van der Waals surface area contributed by atoms with E-state index in [4.69, 9.17) is 9.90 Å². The maximum absolute atomic E-state index is 9.15. The zero-order valence-electron chi connectivity index (χ0n) is 26.0. The van der Waals surface area contributed by atoms with Crippen molar-refractivity contribution in [1.29, 1.82) is 0 Å². The summed E-state index contributed by atoms with van der Waals surface area (Å²) in [5, 5.41) is 10.5. The number of benzene rings is 8. The Labute approximate surface area is 242 Å². The maximum atomic E-state index is 9.15. The zero-order chi connectivity index (χ0) is 30.4. The first-order chi connectivity index (χ1) is 22.0. The Hall–Kier alpha value is -5.40. The van der Waals surface area contributed by atoms with Crippen LogP contribution in [-0.2, 0) is 0 Å². The van der Waals surface area contributed by atoms with Crippen LogP contribution in [0, 0.1) is 0 Å². The van der Waals surface area contributed by atoms with Crippen molar-refractivity contribution in [2.45, 2.75) is 0 Å². The van der Waals surface area contributed by atoms with Crippen LogP contribution in [0.1, 0.15) is 5.48 Å². The second-order valence-corrected chi connectivity index (χ2v) is 10.6. The number of rotatable bonds is 2. The third-order valence-corrected chi connectivity index (χ3v) is 8.25. The molecule has 0 saturated heterocycles. The third kappa shape index (κ3) is 3.49. The molecule has 9 aromatic rings. The highest BCUT2D eigenvalue weighted by Crippen LogP contribution is 2.39. The molecule has 0 N–H and O–H groups in total. The smallest absolute Gasteiger partial charge is 0.136 e. The van der Waals surface area contributed by atoms with E-state index in [-0.39, 0.29) is 29.7 Å². The highest BCUT2D eigenvalue weighted by molar-refractivity contribution is 6.16. The molecule has 0 aliphatic rings. The standard InChI is InChI=1S/C40H24O/c1-2-7-28-22-36-33(20-27(28)6-1)17-16-32-21-31(18-19-34(32)36)25-12-14-26(15-13-25)35-10-5-11-38-40(35)37-23-29-8-3-4-9-30(29)24-39(37)41-38/h1-24H/i12D,13D,14D,15D. The minimum absolute atomic E-state index is 0.0626. The topological polar surface area (TPSA) is 13.1 Å². The Morgan fingerprint density at radius 1 is 0.390 bits per heavy atom. The molecule has 0 amide bonds. The van der Waals surface area contributed by atoms with Gasteiger partial charge in [0, 0.05) is 10.8 Å². The molecule has 0 aliphatic carbocycles. The predicted molar refractivity (Wildman–Crippen MR) is 175 cm³/mol. The van der Waals surface area contributed by atoms with Crippen molar-refractivity contribution in [3.63, 3.8) is 0 Å². The largest absolute Gasteiger partial charge is 0.456 e. The quantitative estimate of drug-likeness (QED) is 0.162. The Bertz CT molecular complexity index is 2680. The summed E-state index contributed by atoms with van der Waals surface area (Å²) in [6.07, 6.45) is 0. The molecule has 9 rings (SSSR count). The lowest BCUT2D eigenvalue weighted by Gasteiger charge is -2.10. The molecule has 0 spiro atoms. The molecule has 0 saturated carbocycles. The van der Waals surface area contributed by atoms with E-state index in [9.17, 15) is 0 Å². The van der Waals surface area contributed by atoms with Crippen molar-refractivity contribution in [3.05, 3.63) is 145 Å². The van der Waals surface area contributed by atoms with E-state index in [1.807, 2.05) is 72.8 Å². The Kier molecular flexibility index (Phi) is 3.92. The van der Waals surface area contributed by atoms with Crippen LogP contribution in [0.25, 0.3) is 87.3 Å². The van der Waals surface area contributed by atoms with Gasteiger partial charge in [0.05, 0.1) is 5.48 Å². The third-order valence-electron chi connectivity index (χ3n) is 8.25. The minimum Gasteiger partial charge on any atom is -0.456 e. The number of hydrogen-bond donors (Lipinski definition) is 0. The van der Waals surface area contributed by atoms with Crippen LogP contribution in [0.3, 0.4) is 0 Å². The summed E-state index contributed by atoms with van der Waals surface area (Å²) >= 11 is 0. The summed E-state index contributed by atoms with van der Waals surface area (Å²) in [5.74, 6) is 0. The van der Waals surface area contributed by atoms with E-state index in [1.54, 1.807) is 0 Å². The minimum atomic E-state index is -0.0706. The van der Waals surface area contributed by atoms with E-state index < -0.39 is 0 Å². The number of fused-ring (bicyclic) bond motifs is 8. The van der Waals surface area contributed by atoms with Crippen LogP contribution in [0.2, 0.25) is 0 Å². The van der Waals surface area contributed by atoms with Crippen LogP contribution >= 0.6 is 0 Å². The Morgan fingerprint density at radius 2 is 1.02 bits per heavy atom. The van der Waals surface area contributed by atoms with E-state index >= 15 is 0 Å². The average Bonchev–Trinajstić information content (AvgIpc) is 3.43. The molecular weight excluding hydrogens is 496 g/mol. The molecule has 41 heavy (non-hydrogen) atoms. The first kappa shape index (κ1) is 18.8. The molecule has 0 unspecified atom stereocenters. The Balaban J connectivity index is 1.24. The summed E-state index contributed by atoms with van der Waals surface area (Å²) in [4.78, 5) is 0. The Morgan fingerprint density at radius 3 is 1.78 bits per heavy atom. The van der Waals surface area contributed by atoms with Crippen molar-refractivity contribution in [1.82, 2.24) is 0 Å². The van der Waals surface area contributed by atoms with Crippen molar-refractivity contribution < 1.29 is 9.90 Å². The monoisotopic (exact) mass is 524 g/mol. The first-order valence-corrected chi connectivity index (χ1v) is 13.8.